The number of carbonyl (C=O) groups is 1. The summed E-state index contributed by atoms with van der Waals surface area (Å²) in [5, 5.41) is 2.12. The molecule has 2 N–H and O–H groups in total. The summed E-state index contributed by atoms with van der Waals surface area (Å²) in [6.45, 7) is 1.30. The molecule has 0 radical (unpaired) electrons. The Hall–Kier alpha value is -0.910. The molecule has 116 valence electrons. The lowest BCUT2D eigenvalue weighted by molar-refractivity contribution is -0.138. The molecule has 0 aromatic carbocycles. The monoisotopic (exact) mass is 308 g/mol. The van der Waals surface area contributed by atoms with Crippen LogP contribution in [0.4, 0.5) is 0 Å². The predicted octanol–water partition coefficient (Wildman–Crippen LogP) is 2.13. The molecule has 1 saturated heterocycles. The lowest BCUT2D eigenvalue weighted by Crippen LogP contribution is -2.52. The Morgan fingerprint density at radius 1 is 1.52 bits per heavy atom. The van der Waals surface area contributed by atoms with Crippen LogP contribution in [0.1, 0.15) is 42.0 Å². The number of amides is 1. The molecular weight excluding hydrogens is 284 g/mol. The van der Waals surface area contributed by atoms with Crippen LogP contribution in [0.15, 0.2) is 11.4 Å². The molecule has 3 unspecified atom stereocenters. The molecule has 3 rings (SSSR count). The number of nitrogens with zero attached hydrogens (tertiary/aromatic N) is 1. The van der Waals surface area contributed by atoms with E-state index in [1.54, 1.807) is 18.4 Å². The van der Waals surface area contributed by atoms with E-state index >= 15 is 0 Å². The minimum Gasteiger partial charge on any atom is -0.381 e. The normalized spacial score (nSPS) is 29.2. The molecule has 5 heteroatoms. The van der Waals surface area contributed by atoms with E-state index in [2.05, 4.69) is 11.4 Å². The molecular formula is C16H24N2O2S. The van der Waals surface area contributed by atoms with Crippen LogP contribution in [-0.4, -0.2) is 43.2 Å². The van der Waals surface area contributed by atoms with E-state index in [0.717, 1.165) is 38.6 Å². The highest BCUT2D eigenvalue weighted by Gasteiger charge is 2.36. The number of ether oxygens (including phenoxy) is 1. The number of methoxy groups -OCH3 is 1. The maximum absolute atomic E-state index is 13.0. The summed E-state index contributed by atoms with van der Waals surface area (Å²) in [4.78, 5) is 16.4. The van der Waals surface area contributed by atoms with Crippen molar-refractivity contribution in [3.05, 3.63) is 21.9 Å². The fourth-order valence-electron chi connectivity index (χ4n) is 3.68. The molecule has 1 aliphatic carbocycles. The molecule has 4 nitrogen and oxygen atoms in total. The third kappa shape index (κ3) is 2.87. The lowest BCUT2D eigenvalue weighted by atomic mass is 9.85. The molecule has 0 spiro atoms. The van der Waals surface area contributed by atoms with Gasteiger partial charge in [0.2, 0.25) is 5.91 Å². The first-order valence-electron chi connectivity index (χ1n) is 7.84. The first kappa shape index (κ1) is 15.0. The van der Waals surface area contributed by atoms with Crippen LogP contribution >= 0.6 is 11.3 Å². The molecule has 1 fully saturated rings. The van der Waals surface area contributed by atoms with Crippen molar-refractivity contribution in [1.82, 2.24) is 4.90 Å². The molecule has 0 bridgehead atoms. The van der Waals surface area contributed by atoms with Gasteiger partial charge in [0.1, 0.15) is 0 Å². The van der Waals surface area contributed by atoms with Gasteiger partial charge in [0.05, 0.1) is 12.0 Å². The lowest BCUT2D eigenvalue weighted by Gasteiger charge is -2.40. The maximum atomic E-state index is 13.0. The Morgan fingerprint density at radius 2 is 2.38 bits per heavy atom. The van der Waals surface area contributed by atoms with E-state index in [-0.39, 0.29) is 24.0 Å². The Morgan fingerprint density at radius 3 is 3.14 bits per heavy atom. The number of carbonyl (C=O) groups excluding carboxylic acids is 1. The highest BCUT2D eigenvalue weighted by molar-refractivity contribution is 7.10. The van der Waals surface area contributed by atoms with Gasteiger partial charge in [0.25, 0.3) is 0 Å². The molecule has 1 amide bonds. The third-order valence-corrected chi connectivity index (χ3v) is 5.90. The fraction of sp³-hybridized carbons (Fsp3) is 0.688. The molecule has 1 aromatic heterocycles. The minimum absolute atomic E-state index is 0.0492. The summed E-state index contributed by atoms with van der Waals surface area (Å²) >= 11 is 1.79. The van der Waals surface area contributed by atoms with Crippen molar-refractivity contribution in [3.63, 3.8) is 0 Å². The summed E-state index contributed by atoms with van der Waals surface area (Å²) in [6, 6.07) is 2.27. The van der Waals surface area contributed by atoms with Crippen LogP contribution < -0.4 is 5.73 Å². The number of thiophene rings is 1. The van der Waals surface area contributed by atoms with Crippen molar-refractivity contribution in [2.75, 3.05) is 20.2 Å². The quantitative estimate of drug-likeness (QED) is 0.930. The highest BCUT2D eigenvalue weighted by atomic mass is 32.1. The van der Waals surface area contributed by atoms with Gasteiger partial charge in [-0.1, -0.05) is 0 Å². The van der Waals surface area contributed by atoms with E-state index in [0.29, 0.717) is 6.54 Å². The van der Waals surface area contributed by atoms with Gasteiger partial charge in [-0.05, 0) is 49.1 Å². The first-order valence-corrected chi connectivity index (χ1v) is 8.72. The zero-order valence-corrected chi connectivity index (χ0v) is 13.4. The predicted molar refractivity (Wildman–Crippen MR) is 84.6 cm³/mol. The van der Waals surface area contributed by atoms with Gasteiger partial charge in [-0.3, -0.25) is 4.79 Å². The van der Waals surface area contributed by atoms with Crippen molar-refractivity contribution >= 4 is 17.2 Å². The van der Waals surface area contributed by atoms with Crippen LogP contribution in [0.2, 0.25) is 0 Å². The topological polar surface area (TPSA) is 55.6 Å². The van der Waals surface area contributed by atoms with Crippen LogP contribution in [0.25, 0.3) is 0 Å². The van der Waals surface area contributed by atoms with Gasteiger partial charge in [0, 0.05) is 31.1 Å². The Balaban J connectivity index is 1.76. The third-order valence-electron chi connectivity index (χ3n) is 4.91. The van der Waals surface area contributed by atoms with E-state index in [1.165, 1.54) is 10.4 Å². The standard InChI is InChI=1S/C16H24N2O2S/c1-20-12-5-7-18(11(9-12)10-17)16(19)14-3-2-4-15-13(14)6-8-21-15/h6,8,11-12,14H,2-5,7,9-10,17H2,1H3. The van der Waals surface area contributed by atoms with E-state index in [9.17, 15) is 4.79 Å². The molecule has 2 aliphatic rings. The van der Waals surface area contributed by atoms with Gasteiger partial charge >= 0.3 is 0 Å². The molecule has 0 saturated carbocycles. The van der Waals surface area contributed by atoms with Gasteiger partial charge in [-0.2, -0.15) is 0 Å². The number of hydrogen-bond donors (Lipinski definition) is 1. The number of rotatable bonds is 3. The van der Waals surface area contributed by atoms with Crippen LogP contribution in [0.5, 0.6) is 0 Å². The highest BCUT2D eigenvalue weighted by Crippen LogP contribution is 2.37. The molecule has 2 heterocycles. The largest absolute Gasteiger partial charge is 0.381 e. The van der Waals surface area contributed by atoms with Crippen LogP contribution in [0, 0.1) is 0 Å². The minimum atomic E-state index is 0.0492. The van der Waals surface area contributed by atoms with E-state index < -0.39 is 0 Å². The van der Waals surface area contributed by atoms with Gasteiger partial charge < -0.3 is 15.4 Å². The number of nitrogens with two attached hydrogens (primary N) is 1. The van der Waals surface area contributed by atoms with Crippen molar-refractivity contribution in [1.29, 1.82) is 0 Å². The van der Waals surface area contributed by atoms with Crippen molar-refractivity contribution in [2.45, 2.75) is 50.2 Å². The average molecular weight is 308 g/mol. The second-order valence-electron chi connectivity index (χ2n) is 6.05. The Kier molecular flexibility index (Phi) is 4.62. The Bertz CT molecular complexity index is 502. The fourth-order valence-corrected chi connectivity index (χ4v) is 4.67. The number of fused-ring (bicyclic) bond motifs is 1. The molecule has 1 aromatic rings. The van der Waals surface area contributed by atoms with Crippen LogP contribution in [0.3, 0.4) is 0 Å². The second kappa shape index (κ2) is 6.46. The van der Waals surface area contributed by atoms with E-state index in [1.807, 2.05) is 4.90 Å². The van der Waals surface area contributed by atoms with Crippen molar-refractivity contribution < 1.29 is 9.53 Å². The van der Waals surface area contributed by atoms with Crippen molar-refractivity contribution in [2.24, 2.45) is 5.73 Å². The molecule has 3 atom stereocenters. The zero-order valence-electron chi connectivity index (χ0n) is 12.6. The van der Waals surface area contributed by atoms with Gasteiger partial charge in [0.15, 0.2) is 0 Å². The summed E-state index contributed by atoms with van der Waals surface area (Å²) in [6.07, 6.45) is 5.24. The second-order valence-corrected chi connectivity index (χ2v) is 7.05. The van der Waals surface area contributed by atoms with Crippen molar-refractivity contribution in [3.8, 4) is 0 Å². The average Bonchev–Trinajstić information content (AvgIpc) is 3.02. The molecule has 1 aliphatic heterocycles. The number of hydrogen-bond acceptors (Lipinski definition) is 4. The molecule has 21 heavy (non-hydrogen) atoms. The zero-order chi connectivity index (χ0) is 14.8. The number of piperidine rings is 1. The van der Waals surface area contributed by atoms with Crippen LogP contribution in [-0.2, 0) is 16.0 Å². The smallest absolute Gasteiger partial charge is 0.230 e. The first-order chi connectivity index (χ1) is 10.2. The Labute approximate surface area is 130 Å². The summed E-state index contributed by atoms with van der Waals surface area (Å²) in [5.74, 6) is 0.326. The van der Waals surface area contributed by atoms with Gasteiger partial charge in [-0.15, -0.1) is 11.3 Å². The van der Waals surface area contributed by atoms with E-state index in [4.69, 9.17) is 10.5 Å². The summed E-state index contributed by atoms with van der Waals surface area (Å²) in [5.41, 5.74) is 7.17. The number of aryl methyl sites for hydroxylation is 1. The van der Waals surface area contributed by atoms with Gasteiger partial charge in [-0.25, -0.2) is 0 Å². The number of likely N-dealkylation sites (tertiary alicyclic amines) is 1. The summed E-state index contributed by atoms with van der Waals surface area (Å²) < 4.78 is 5.45. The summed E-state index contributed by atoms with van der Waals surface area (Å²) in [7, 11) is 1.74. The maximum Gasteiger partial charge on any atom is 0.230 e. The SMILES string of the molecule is COC1CCN(C(=O)C2CCCc3sccc32)C(CN)C1.